The van der Waals surface area contributed by atoms with Crippen LogP contribution in [0.1, 0.15) is 33.3 Å². The zero-order valence-corrected chi connectivity index (χ0v) is 16.6. The van der Waals surface area contributed by atoms with Crippen LogP contribution in [0.3, 0.4) is 0 Å². The highest BCUT2D eigenvalue weighted by Crippen LogP contribution is 2.60. The molecule has 0 bridgehead atoms. The summed E-state index contributed by atoms with van der Waals surface area (Å²) >= 11 is 0. The Bertz CT molecular complexity index is 798. The zero-order valence-electron chi connectivity index (χ0n) is 15.8. The molecule has 1 aromatic rings. The summed E-state index contributed by atoms with van der Waals surface area (Å²) in [4.78, 5) is -0.212. The highest BCUT2D eigenvalue weighted by molar-refractivity contribution is 7.91. The molecule has 1 aromatic carbocycles. The number of halogens is 4. The lowest BCUT2D eigenvalue weighted by Gasteiger charge is -2.45. The van der Waals surface area contributed by atoms with Gasteiger partial charge in [-0.25, -0.2) is 12.8 Å². The van der Waals surface area contributed by atoms with E-state index in [-0.39, 0.29) is 4.90 Å². The Kier molecular flexibility index (Phi) is 5.25. The Hall–Kier alpha value is -1.19. The molecular formula is C18H24F4O4S. The maximum atomic E-state index is 15.6. The number of aliphatic hydroxyl groups is 1. The smallest absolute Gasteiger partial charge is 0.362 e. The Balaban J connectivity index is 2.56. The summed E-state index contributed by atoms with van der Waals surface area (Å²) in [7, 11) is -4.25. The Morgan fingerprint density at radius 1 is 1.15 bits per heavy atom. The van der Waals surface area contributed by atoms with E-state index in [0.717, 1.165) is 12.5 Å². The van der Waals surface area contributed by atoms with E-state index in [1.807, 2.05) is 0 Å². The molecule has 0 aliphatic carbocycles. The van der Waals surface area contributed by atoms with Crippen LogP contribution in [-0.4, -0.2) is 43.0 Å². The van der Waals surface area contributed by atoms with Crippen molar-refractivity contribution >= 4 is 9.84 Å². The number of ether oxygens (including phenoxy) is 1. The largest absolute Gasteiger partial charge is 0.428 e. The van der Waals surface area contributed by atoms with Crippen molar-refractivity contribution in [2.24, 2.45) is 11.3 Å². The summed E-state index contributed by atoms with van der Waals surface area (Å²) in [5.74, 6) is -6.51. The average Bonchev–Trinajstić information content (AvgIpc) is 2.69. The minimum absolute atomic E-state index is 0.212. The maximum Gasteiger partial charge on any atom is 0.428 e. The first kappa shape index (κ1) is 22.1. The van der Waals surface area contributed by atoms with Gasteiger partial charge in [0.25, 0.3) is 5.67 Å². The van der Waals surface area contributed by atoms with Crippen molar-refractivity contribution in [3.63, 3.8) is 0 Å². The summed E-state index contributed by atoms with van der Waals surface area (Å²) in [6.45, 7) is 6.48. The van der Waals surface area contributed by atoms with E-state index >= 15 is 4.39 Å². The molecule has 0 aromatic heterocycles. The quantitative estimate of drug-likeness (QED) is 0.767. The van der Waals surface area contributed by atoms with E-state index in [2.05, 4.69) is 0 Å². The normalized spacial score (nSPS) is 32.7. The van der Waals surface area contributed by atoms with Gasteiger partial charge >= 0.3 is 6.18 Å². The molecule has 9 heteroatoms. The molecule has 27 heavy (non-hydrogen) atoms. The minimum atomic E-state index is -5.53. The standard InChI is InChI=1S/C18H24F4O4S/c1-11-6-8-13(9-7-11)27(24,25)10-14-12(2)26-17(23,15(3,4)5)16(14,19)18(20,21)22/h6-9,12,14,23H,10H2,1-5H3/t12-,14-,16+,17+/m0/s1. The van der Waals surface area contributed by atoms with Crippen LogP contribution >= 0.6 is 0 Å². The number of hydrogen-bond acceptors (Lipinski definition) is 4. The van der Waals surface area contributed by atoms with E-state index in [1.54, 1.807) is 6.92 Å². The van der Waals surface area contributed by atoms with E-state index in [4.69, 9.17) is 4.74 Å². The van der Waals surface area contributed by atoms with Gasteiger partial charge in [0.1, 0.15) is 0 Å². The van der Waals surface area contributed by atoms with Crippen LogP contribution in [0.5, 0.6) is 0 Å². The van der Waals surface area contributed by atoms with Gasteiger partial charge in [-0.3, -0.25) is 0 Å². The number of alkyl halides is 4. The van der Waals surface area contributed by atoms with Crippen LogP contribution < -0.4 is 0 Å². The fourth-order valence-corrected chi connectivity index (χ4v) is 5.18. The Morgan fingerprint density at radius 3 is 2.04 bits per heavy atom. The maximum absolute atomic E-state index is 15.6. The van der Waals surface area contributed by atoms with Crippen molar-refractivity contribution in [2.75, 3.05) is 5.75 Å². The van der Waals surface area contributed by atoms with Crippen LogP contribution in [0.4, 0.5) is 17.6 Å². The first-order valence-corrected chi connectivity index (χ1v) is 10.1. The number of rotatable bonds is 3. The van der Waals surface area contributed by atoms with Gasteiger partial charge in [-0.1, -0.05) is 38.5 Å². The molecule has 154 valence electrons. The minimum Gasteiger partial charge on any atom is -0.362 e. The van der Waals surface area contributed by atoms with Crippen molar-refractivity contribution < 1.29 is 35.8 Å². The van der Waals surface area contributed by atoms with E-state index in [0.29, 0.717) is 0 Å². The molecular weight excluding hydrogens is 388 g/mol. The van der Waals surface area contributed by atoms with Crippen LogP contribution in [0, 0.1) is 18.3 Å². The van der Waals surface area contributed by atoms with Crippen molar-refractivity contribution in [3.8, 4) is 0 Å². The zero-order chi connectivity index (χ0) is 21.1. The second-order valence-electron chi connectivity index (χ2n) is 8.13. The molecule has 4 atom stereocenters. The molecule has 1 saturated heterocycles. The van der Waals surface area contributed by atoms with Crippen molar-refractivity contribution in [1.82, 2.24) is 0 Å². The first-order chi connectivity index (χ1) is 12.0. The molecule has 0 unspecified atom stereocenters. The van der Waals surface area contributed by atoms with Gasteiger partial charge in [0.15, 0.2) is 9.84 Å². The van der Waals surface area contributed by atoms with Gasteiger partial charge < -0.3 is 9.84 Å². The SMILES string of the molecule is Cc1ccc(S(=O)(=O)C[C@H]2[C@H](C)O[C@](O)(C(C)(C)C)[C@@]2(F)C(F)(F)F)cc1. The lowest BCUT2D eigenvalue weighted by molar-refractivity contribution is -0.365. The third-order valence-electron chi connectivity index (χ3n) is 5.14. The molecule has 1 heterocycles. The van der Waals surface area contributed by atoms with Crippen LogP contribution in [-0.2, 0) is 14.6 Å². The lowest BCUT2D eigenvalue weighted by Crippen LogP contribution is -2.66. The molecule has 0 radical (unpaired) electrons. The molecule has 1 fully saturated rings. The van der Waals surface area contributed by atoms with Gasteiger partial charge in [-0.2, -0.15) is 13.2 Å². The fourth-order valence-electron chi connectivity index (χ4n) is 3.47. The summed E-state index contributed by atoms with van der Waals surface area (Å²) in [5, 5.41) is 10.6. The highest BCUT2D eigenvalue weighted by atomic mass is 32.2. The van der Waals surface area contributed by atoms with Crippen molar-refractivity contribution in [3.05, 3.63) is 29.8 Å². The average molecular weight is 412 g/mol. The Labute approximate surface area is 156 Å². The molecule has 0 saturated carbocycles. The van der Waals surface area contributed by atoms with E-state index < -0.39 is 50.7 Å². The highest BCUT2D eigenvalue weighted by Gasteiger charge is 2.80. The molecule has 0 amide bonds. The number of sulfone groups is 1. The number of hydrogen-bond donors (Lipinski definition) is 1. The van der Waals surface area contributed by atoms with Gasteiger partial charge in [0.2, 0.25) is 5.79 Å². The third-order valence-corrected chi connectivity index (χ3v) is 6.92. The molecule has 1 N–H and O–H groups in total. The summed E-state index contributed by atoms with van der Waals surface area (Å²) in [6.07, 6.45) is -7.01. The van der Waals surface area contributed by atoms with Crippen molar-refractivity contribution in [2.45, 2.75) is 63.3 Å². The van der Waals surface area contributed by atoms with Crippen LogP contribution in [0.15, 0.2) is 29.2 Å². The third kappa shape index (κ3) is 3.38. The van der Waals surface area contributed by atoms with Gasteiger partial charge in [0, 0.05) is 11.3 Å². The molecule has 2 rings (SSSR count). The van der Waals surface area contributed by atoms with Crippen LogP contribution in [0.25, 0.3) is 0 Å². The Morgan fingerprint density at radius 2 is 1.63 bits per heavy atom. The number of aryl methyl sites for hydroxylation is 1. The predicted molar refractivity (Wildman–Crippen MR) is 91.6 cm³/mol. The lowest BCUT2D eigenvalue weighted by atomic mass is 9.71. The molecule has 1 aliphatic heterocycles. The summed E-state index contributed by atoms with van der Waals surface area (Å²) in [6, 6.07) is 5.52. The molecule has 1 aliphatic rings. The topological polar surface area (TPSA) is 63.6 Å². The van der Waals surface area contributed by atoms with Crippen LogP contribution in [0.2, 0.25) is 0 Å². The monoisotopic (exact) mass is 412 g/mol. The molecule has 0 spiro atoms. The first-order valence-electron chi connectivity index (χ1n) is 8.42. The second-order valence-corrected chi connectivity index (χ2v) is 10.2. The predicted octanol–water partition coefficient (Wildman–Crippen LogP) is 3.81. The van der Waals surface area contributed by atoms with Gasteiger partial charge in [-0.05, 0) is 26.0 Å². The number of benzene rings is 1. The fraction of sp³-hybridized carbons (Fsp3) is 0.667. The van der Waals surface area contributed by atoms with E-state index in [1.165, 1.54) is 45.0 Å². The molecule has 4 nitrogen and oxygen atoms in total. The van der Waals surface area contributed by atoms with Gasteiger partial charge in [-0.15, -0.1) is 0 Å². The summed E-state index contributed by atoms with van der Waals surface area (Å²) < 4.78 is 87.4. The van der Waals surface area contributed by atoms with Crippen molar-refractivity contribution in [1.29, 1.82) is 0 Å². The van der Waals surface area contributed by atoms with E-state index in [9.17, 15) is 26.7 Å². The summed E-state index contributed by atoms with van der Waals surface area (Å²) in [5.41, 5.74) is -5.15. The second kappa shape index (κ2) is 6.42. The van der Waals surface area contributed by atoms with Gasteiger partial charge in [0.05, 0.1) is 16.8 Å².